The Kier molecular flexibility index (Phi) is 4.08. The van der Waals surface area contributed by atoms with E-state index in [1.807, 2.05) is 0 Å². The molecule has 1 aliphatic carbocycles. The van der Waals surface area contributed by atoms with Crippen molar-refractivity contribution in [1.29, 1.82) is 0 Å². The Balaban J connectivity index is 1.67. The van der Waals surface area contributed by atoms with E-state index in [1.165, 1.54) is 0 Å². The predicted octanol–water partition coefficient (Wildman–Crippen LogP) is 0.0614. The molecule has 2 N–H and O–H groups in total. The molecule has 2 aliphatic heterocycles. The summed E-state index contributed by atoms with van der Waals surface area (Å²) in [6, 6.07) is -0.242. The second-order valence-corrected chi connectivity index (χ2v) is 6.58. The van der Waals surface area contributed by atoms with Crippen LogP contribution < -0.4 is 10.6 Å². The van der Waals surface area contributed by atoms with Gasteiger partial charge in [0.05, 0.1) is 0 Å². The highest BCUT2D eigenvalue weighted by Crippen LogP contribution is 2.39. The average molecular weight is 308 g/mol. The van der Waals surface area contributed by atoms with Gasteiger partial charge in [-0.3, -0.25) is 14.5 Å². The highest BCUT2D eigenvalue weighted by molar-refractivity contribution is 6.08. The maximum absolute atomic E-state index is 12.7. The number of hydrogen-bond donors (Lipinski definition) is 2. The molecule has 122 valence electrons. The maximum Gasteiger partial charge on any atom is 0.327 e. The van der Waals surface area contributed by atoms with Crippen molar-refractivity contribution in [3.8, 4) is 0 Å². The Morgan fingerprint density at radius 2 is 2.05 bits per heavy atom. The zero-order chi connectivity index (χ0) is 15.7. The number of amides is 4. The van der Waals surface area contributed by atoms with Crippen molar-refractivity contribution < 1.29 is 14.4 Å². The number of urea groups is 1. The normalized spacial score (nSPS) is 27.8. The second kappa shape index (κ2) is 5.87. The van der Waals surface area contributed by atoms with Crippen LogP contribution in [0.2, 0.25) is 0 Å². The van der Waals surface area contributed by atoms with Gasteiger partial charge in [-0.1, -0.05) is 19.3 Å². The van der Waals surface area contributed by atoms with Crippen LogP contribution in [0.1, 0.15) is 38.5 Å². The Morgan fingerprint density at radius 3 is 2.68 bits per heavy atom. The number of likely N-dealkylation sites (N-methyl/N-ethyl adjacent to an activating group) is 1. The monoisotopic (exact) mass is 308 g/mol. The van der Waals surface area contributed by atoms with Crippen LogP contribution in [0.4, 0.5) is 4.79 Å². The van der Waals surface area contributed by atoms with Crippen LogP contribution in [-0.2, 0) is 9.59 Å². The zero-order valence-corrected chi connectivity index (χ0v) is 13.1. The third-order valence-corrected chi connectivity index (χ3v) is 5.21. The molecule has 1 spiro atoms. The van der Waals surface area contributed by atoms with E-state index in [1.54, 1.807) is 11.9 Å². The molecule has 4 amide bonds. The van der Waals surface area contributed by atoms with Gasteiger partial charge in [-0.25, -0.2) is 4.79 Å². The van der Waals surface area contributed by atoms with Crippen molar-refractivity contribution in [3.63, 3.8) is 0 Å². The number of imide groups is 1. The maximum atomic E-state index is 12.7. The molecule has 3 fully saturated rings. The van der Waals surface area contributed by atoms with Crippen LogP contribution in [0, 0.1) is 0 Å². The first kappa shape index (κ1) is 15.3. The molecule has 7 heteroatoms. The lowest BCUT2D eigenvalue weighted by molar-refractivity contribution is -0.137. The Morgan fingerprint density at radius 1 is 1.32 bits per heavy atom. The lowest BCUT2D eigenvalue weighted by Gasteiger charge is -2.35. The first-order valence-electron chi connectivity index (χ1n) is 8.14. The van der Waals surface area contributed by atoms with Crippen molar-refractivity contribution in [3.05, 3.63) is 0 Å². The number of hydrogen-bond acceptors (Lipinski definition) is 4. The number of carbonyl (C=O) groups is 3. The van der Waals surface area contributed by atoms with Crippen LogP contribution in [-0.4, -0.2) is 65.9 Å². The van der Waals surface area contributed by atoms with E-state index in [0.717, 1.165) is 43.7 Å². The third-order valence-electron chi connectivity index (χ3n) is 5.21. The van der Waals surface area contributed by atoms with E-state index in [-0.39, 0.29) is 30.4 Å². The van der Waals surface area contributed by atoms with Crippen LogP contribution in [0.15, 0.2) is 0 Å². The highest BCUT2D eigenvalue weighted by atomic mass is 16.2. The van der Waals surface area contributed by atoms with E-state index in [9.17, 15) is 14.4 Å². The minimum atomic E-state index is -0.704. The van der Waals surface area contributed by atoms with Gasteiger partial charge in [-0.2, -0.15) is 0 Å². The van der Waals surface area contributed by atoms with E-state index >= 15 is 0 Å². The molecule has 3 aliphatic rings. The molecule has 2 saturated heterocycles. The quantitative estimate of drug-likeness (QED) is 0.723. The van der Waals surface area contributed by atoms with E-state index in [4.69, 9.17) is 0 Å². The van der Waals surface area contributed by atoms with Crippen molar-refractivity contribution in [1.82, 2.24) is 20.4 Å². The topological polar surface area (TPSA) is 81.8 Å². The standard InChI is InChI=1S/C15H24N4O3/c1-18-14(22)19(10-12(20)17-11-5-8-16-9-11)13(21)15(18)6-3-2-4-7-15/h11,16H,2-10H2,1H3,(H,17,20). The van der Waals surface area contributed by atoms with Crippen LogP contribution in [0.25, 0.3) is 0 Å². The fraction of sp³-hybridized carbons (Fsp3) is 0.800. The van der Waals surface area contributed by atoms with Gasteiger partial charge in [-0.05, 0) is 25.8 Å². The van der Waals surface area contributed by atoms with Crippen molar-refractivity contribution in [2.45, 2.75) is 50.1 Å². The molecular formula is C15H24N4O3. The summed E-state index contributed by atoms with van der Waals surface area (Å²) in [6.45, 7) is 1.47. The van der Waals surface area contributed by atoms with Crippen molar-refractivity contribution >= 4 is 17.8 Å². The molecule has 7 nitrogen and oxygen atoms in total. The molecule has 2 heterocycles. The molecule has 0 aromatic rings. The molecule has 0 aromatic carbocycles. The largest absolute Gasteiger partial charge is 0.350 e. The molecule has 3 rings (SSSR count). The van der Waals surface area contributed by atoms with Gasteiger partial charge in [0.2, 0.25) is 5.91 Å². The van der Waals surface area contributed by atoms with Crippen molar-refractivity contribution in [2.75, 3.05) is 26.7 Å². The second-order valence-electron chi connectivity index (χ2n) is 6.58. The molecule has 0 aromatic heterocycles. The lowest BCUT2D eigenvalue weighted by atomic mass is 9.81. The number of nitrogens with one attached hydrogen (secondary N) is 2. The molecule has 0 bridgehead atoms. The SMILES string of the molecule is CN1C(=O)N(CC(=O)NC2CCNC2)C(=O)C12CCCCC2. The average Bonchev–Trinajstić information content (AvgIpc) is 3.08. The minimum absolute atomic E-state index is 0.0988. The lowest BCUT2D eigenvalue weighted by Crippen LogP contribution is -2.50. The van der Waals surface area contributed by atoms with Gasteiger partial charge in [0.1, 0.15) is 12.1 Å². The smallest absolute Gasteiger partial charge is 0.327 e. The fourth-order valence-corrected chi connectivity index (χ4v) is 3.87. The van der Waals surface area contributed by atoms with Gasteiger partial charge < -0.3 is 15.5 Å². The Bertz CT molecular complexity index is 481. The summed E-state index contributed by atoms with van der Waals surface area (Å²) < 4.78 is 0. The van der Waals surface area contributed by atoms with Gasteiger partial charge in [0, 0.05) is 19.6 Å². The summed E-state index contributed by atoms with van der Waals surface area (Å²) in [4.78, 5) is 40.0. The summed E-state index contributed by atoms with van der Waals surface area (Å²) in [5.41, 5.74) is -0.704. The summed E-state index contributed by atoms with van der Waals surface area (Å²) in [7, 11) is 1.68. The van der Waals surface area contributed by atoms with Gasteiger partial charge in [0.15, 0.2) is 0 Å². The molecule has 1 saturated carbocycles. The highest BCUT2D eigenvalue weighted by Gasteiger charge is 2.55. The Hall–Kier alpha value is -1.63. The fourth-order valence-electron chi connectivity index (χ4n) is 3.87. The van der Waals surface area contributed by atoms with Gasteiger partial charge >= 0.3 is 6.03 Å². The van der Waals surface area contributed by atoms with E-state index < -0.39 is 5.54 Å². The van der Waals surface area contributed by atoms with Gasteiger partial charge in [-0.15, -0.1) is 0 Å². The van der Waals surface area contributed by atoms with Crippen molar-refractivity contribution in [2.24, 2.45) is 0 Å². The molecule has 22 heavy (non-hydrogen) atoms. The Labute approximate surface area is 130 Å². The van der Waals surface area contributed by atoms with Gasteiger partial charge in [0.25, 0.3) is 5.91 Å². The first-order chi connectivity index (χ1) is 10.5. The van der Waals surface area contributed by atoms with Crippen LogP contribution in [0.5, 0.6) is 0 Å². The molecule has 1 unspecified atom stereocenters. The molecule has 0 radical (unpaired) electrons. The van der Waals surface area contributed by atoms with E-state index in [0.29, 0.717) is 12.8 Å². The first-order valence-corrected chi connectivity index (χ1v) is 8.14. The van der Waals surface area contributed by atoms with Crippen LogP contribution in [0.3, 0.4) is 0 Å². The zero-order valence-electron chi connectivity index (χ0n) is 13.1. The molecule has 1 atom stereocenters. The number of nitrogens with zero attached hydrogens (tertiary/aromatic N) is 2. The van der Waals surface area contributed by atoms with Crippen LogP contribution >= 0.6 is 0 Å². The summed E-state index contributed by atoms with van der Waals surface area (Å²) in [5, 5.41) is 6.06. The third kappa shape index (κ3) is 2.47. The molecular weight excluding hydrogens is 284 g/mol. The summed E-state index contributed by atoms with van der Waals surface area (Å²) >= 11 is 0. The minimum Gasteiger partial charge on any atom is -0.350 e. The number of rotatable bonds is 3. The summed E-state index contributed by atoms with van der Waals surface area (Å²) in [6.07, 6.45) is 5.31. The number of carbonyl (C=O) groups excluding carboxylic acids is 3. The van der Waals surface area contributed by atoms with E-state index in [2.05, 4.69) is 10.6 Å². The predicted molar refractivity (Wildman–Crippen MR) is 80.1 cm³/mol. The summed E-state index contributed by atoms with van der Waals surface area (Å²) in [5.74, 6) is -0.448.